The van der Waals surface area contributed by atoms with Gasteiger partial charge in [0.15, 0.2) is 11.8 Å². The number of aromatic nitrogens is 2. The zero-order chi connectivity index (χ0) is 22.2. The van der Waals surface area contributed by atoms with Gasteiger partial charge in [0.25, 0.3) is 0 Å². The summed E-state index contributed by atoms with van der Waals surface area (Å²) in [6, 6.07) is -0.0371. The highest BCUT2D eigenvalue weighted by Crippen LogP contribution is 2.14. The Morgan fingerprint density at radius 1 is 1.09 bits per heavy atom. The fourth-order valence-electron chi connectivity index (χ4n) is 4.12. The molecule has 2 fully saturated rings. The highest BCUT2D eigenvalue weighted by atomic mass is 127. The summed E-state index contributed by atoms with van der Waals surface area (Å²) in [5, 5.41) is 7.43. The van der Waals surface area contributed by atoms with Gasteiger partial charge in [-0.2, -0.15) is 4.98 Å². The number of carbonyl (C=O) groups is 1. The van der Waals surface area contributed by atoms with Crippen molar-refractivity contribution < 1.29 is 9.32 Å². The monoisotopic (exact) mass is 561 g/mol. The highest BCUT2D eigenvalue weighted by Gasteiger charge is 2.30. The van der Waals surface area contributed by atoms with Gasteiger partial charge in [0.1, 0.15) is 0 Å². The van der Waals surface area contributed by atoms with E-state index in [0.29, 0.717) is 12.4 Å². The molecule has 9 nitrogen and oxygen atoms in total. The van der Waals surface area contributed by atoms with Crippen LogP contribution in [-0.4, -0.2) is 95.1 Å². The van der Waals surface area contributed by atoms with Crippen LogP contribution in [0, 0.1) is 0 Å². The van der Waals surface area contributed by atoms with Crippen molar-refractivity contribution in [3.05, 3.63) is 11.7 Å². The van der Waals surface area contributed by atoms with E-state index in [0.717, 1.165) is 83.3 Å². The lowest BCUT2D eigenvalue weighted by molar-refractivity contribution is -0.135. The smallest absolute Gasteiger partial charge is 0.239 e. The van der Waals surface area contributed by atoms with E-state index in [1.165, 1.54) is 0 Å². The first-order valence-corrected chi connectivity index (χ1v) is 11.9. The number of amides is 1. The second kappa shape index (κ2) is 13.3. The Morgan fingerprint density at radius 3 is 2.38 bits per heavy atom. The summed E-state index contributed by atoms with van der Waals surface area (Å²) in [5.74, 6) is 2.97. The van der Waals surface area contributed by atoms with Gasteiger partial charge in [0.2, 0.25) is 11.8 Å². The molecule has 3 heterocycles. The van der Waals surface area contributed by atoms with Gasteiger partial charge in [0.05, 0.1) is 6.04 Å². The van der Waals surface area contributed by atoms with Crippen molar-refractivity contribution in [1.29, 1.82) is 0 Å². The molecule has 1 unspecified atom stereocenters. The molecule has 0 bridgehead atoms. The van der Waals surface area contributed by atoms with Gasteiger partial charge in [0, 0.05) is 64.7 Å². The van der Waals surface area contributed by atoms with Crippen LogP contribution in [0.25, 0.3) is 0 Å². The number of rotatable bonds is 8. The minimum atomic E-state index is -0.0371. The van der Waals surface area contributed by atoms with Crippen LogP contribution in [0.3, 0.4) is 0 Å². The zero-order valence-corrected chi connectivity index (χ0v) is 22.4. The van der Waals surface area contributed by atoms with Crippen molar-refractivity contribution in [3.8, 4) is 0 Å². The lowest BCUT2D eigenvalue weighted by atomic mass is 10.2. The van der Waals surface area contributed by atoms with Gasteiger partial charge >= 0.3 is 0 Å². The van der Waals surface area contributed by atoms with Crippen LogP contribution in [-0.2, 0) is 11.2 Å². The number of aliphatic imine (C=N–C) groups is 1. The maximum Gasteiger partial charge on any atom is 0.239 e. The number of guanidine groups is 1. The molecular formula is C22H40IN7O2. The van der Waals surface area contributed by atoms with Crippen molar-refractivity contribution in [3.63, 3.8) is 0 Å². The van der Waals surface area contributed by atoms with Gasteiger partial charge in [-0.15, -0.1) is 24.0 Å². The molecule has 1 aromatic heterocycles. The van der Waals surface area contributed by atoms with Crippen LogP contribution < -0.4 is 5.32 Å². The summed E-state index contributed by atoms with van der Waals surface area (Å²) in [7, 11) is 0. The molecule has 1 aromatic rings. The van der Waals surface area contributed by atoms with E-state index in [2.05, 4.69) is 53.0 Å². The van der Waals surface area contributed by atoms with Crippen LogP contribution in [0.2, 0.25) is 0 Å². The van der Waals surface area contributed by atoms with Crippen LogP contribution in [0.15, 0.2) is 9.52 Å². The predicted molar refractivity (Wildman–Crippen MR) is 137 cm³/mol. The van der Waals surface area contributed by atoms with E-state index in [4.69, 9.17) is 9.52 Å². The van der Waals surface area contributed by atoms with E-state index in [-0.39, 0.29) is 41.8 Å². The van der Waals surface area contributed by atoms with Crippen LogP contribution in [0.1, 0.15) is 64.6 Å². The van der Waals surface area contributed by atoms with Gasteiger partial charge < -0.3 is 19.6 Å². The van der Waals surface area contributed by atoms with Crippen LogP contribution >= 0.6 is 24.0 Å². The Labute approximate surface area is 209 Å². The van der Waals surface area contributed by atoms with E-state index >= 15 is 0 Å². The first-order chi connectivity index (χ1) is 15.0. The SMILES string of the molecule is CCNC(=NCCCc1nc(C(C)C)no1)N1CCN(C(C)C(=O)N2CCCC2)CC1.I. The quantitative estimate of drug-likeness (QED) is 0.226. The predicted octanol–water partition coefficient (Wildman–Crippen LogP) is 2.34. The topological polar surface area (TPSA) is 90.1 Å². The minimum absolute atomic E-state index is 0. The van der Waals surface area contributed by atoms with Crippen LogP contribution in [0.5, 0.6) is 0 Å². The maximum absolute atomic E-state index is 12.7. The summed E-state index contributed by atoms with van der Waals surface area (Å²) in [6.07, 6.45) is 3.89. The first-order valence-electron chi connectivity index (χ1n) is 11.9. The van der Waals surface area contributed by atoms with Gasteiger partial charge in [-0.1, -0.05) is 19.0 Å². The number of nitrogens with one attached hydrogen (secondary N) is 1. The van der Waals surface area contributed by atoms with E-state index < -0.39 is 0 Å². The Balaban J connectivity index is 0.00000363. The van der Waals surface area contributed by atoms with Crippen molar-refractivity contribution in [2.24, 2.45) is 4.99 Å². The molecule has 0 aromatic carbocycles. The van der Waals surface area contributed by atoms with E-state index in [1.54, 1.807) is 0 Å². The first kappa shape index (κ1) is 26.8. The molecule has 0 aliphatic carbocycles. The average Bonchev–Trinajstić information content (AvgIpc) is 3.47. The van der Waals surface area contributed by atoms with E-state index in [9.17, 15) is 4.79 Å². The van der Waals surface area contributed by atoms with Crippen molar-refractivity contribution in [2.45, 2.75) is 65.3 Å². The molecule has 1 N–H and O–H groups in total. The maximum atomic E-state index is 12.7. The number of aryl methyl sites for hydroxylation is 1. The number of hydrogen-bond donors (Lipinski definition) is 1. The molecule has 32 heavy (non-hydrogen) atoms. The molecule has 1 atom stereocenters. The van der Waals surface area contributed by atoms with Gasteiger partial charge in [-0.25, -0.2) is 0 Å². The summed E-state index contributed by atoms with van der Waals surface area (Å²) in [4.78, 5) is 28.6. The molecule has 2 saturated heterocycles. The standard InChI is InChI=1S/C22H39N7O2.HI/c1-5-23-22(24-10-8-9-19-25-20(17(2)3)26-31-19)29-15-13-27(14-16-29)18(4)21(30)28-11-6-7-12-28;/h17-18H,5-16H2,1-4H3,(H,23,24);1H. The number of piperazine rings is 1. The zero-order valence-electron chi connectivity index (χ0n) is 20.0. The second-order valence-corrected chi connectivity index (χ2v) is 8.77. The Kier molecular flexibility index (Phi) is 11.2. The number of nitrogens with zero attached hydrogens (tertiary/aromatic N) is 6. The lowest BCUT2D eigenvalue weighted by Gasteiger charge is -2.39. The third-order valence-corrected chi connectivity index (χ3v) is 6.08. The van der Waals surface area contributed by atoms with Crippen molar-refractivity contribution >= 4 is 35.8 Å². The average molecular weight is 562 g/mol. The molecule has 2 aliphatic heterocycles. The number of hydrogen-bond acceptors (Lipinski definition) is 6. The van der Waals surface area contributed by atoms with Crippen molar-refractivity contribution in [1.82, 2.24) is 30.2 Å². The summed E-state index contributed by atoms with van der Waals surface area (Å²) >= 11 is 0. The Bertz CT molecular complexity index is 726. The number of carbonyl (C=O) groups excluding carboxylic acids is 1. The summed E-state index contributed by atoms with van der Waals surface area (Å²) < 4.78 is 5.32. The Morgan fingerprint density at radius 2 is 1.78 bits per heavy atom. The molecular weight excluding hydrogens is 521 g/mol. The van der Waals surface area contributed by atoms with Gasteiger partial charge in [-0.3, -0.25) is 14.7 Å². The van der Waals surface area contributed by atoms with Gasteiger partial charge in [-0.05, 0) is 33.1 Å². The second-order valence-electron chi connectivity index (χ2n) is 8.77. The number of halogens is 1. The fraction of sp³-hybridized carbons (Fsp3) is 0.818. The number of likely N-dealkylation sites (tertiary alicyclic amines) is 1. The molecule has 10 heteroatoms. The third-order valence-electron chi connectivity index (χ3n) is 6.08. The molecule has 2 aliphatic rings. The third kappa shape index (κ3) is 7.29. The Hall–Kier alpha value is -1.43. The highest BCUT2D eigenvalue weighted by molar-refractivity contribution is 14.0. The minimum Gasteiger partial charge on any atom is -0.357 e. The largest absolute Gasteiger partial charge is 0.357 e. The molecule has 0 radical (unpaired) electrons. The molecule has 0 spiro atoms. The molecule has 1 amide bonds. The molecule has 182 valence electrons. The normalized spacial score (nSPS) is 18.7. The van der Waals surface area contributed by atoms with Crippen LogP contribution in [0.4, 0.5) is 0 Å². The summed E-state index contributed by atoms with van der Waals surface area (Å²) in [5.41, 5.74) is 0. The summed E-state index contributed by atoms with van der Waals surface area (Å²) in [6.45, 7) is 15.2. The van der Waals surface area contributed by atoms with E-state index in [1.807, 2.05) is 4.90 Å². The van der Waals surface area contributed by atoms with Crippen molar-refractivity contribution in [2.75, 3.05) is 52.4 Å². The molecule has 3 rings (SSSR count). The fourth-order valence-corrected chi connectivity index (χ4v) is 4.12. The molecule has 0 saturated carbocycles. The lowest BCUT2D eigenvalue weighted by Crippen LogP contribution is -2.57.